The number of rotatable bonds is 7. The SMILES string of the molecule is CCCc1noc(COc2c(F)cc(CCN)cc2F)n1. The fourth-order valence-corrected chi connectivity index (χ4v) is 1.87. The molecule has 0 spiro atoms. The molecule has 1 aromatic carbocycles. The number of benzene rings is 1. The molecule has 0 unspecified atom stereocenters. The third-order valence-electron chi connectivity index (χ3n) is 2.81. The van der Waals surface area contributed by atoms with E-state index < -0.39 is 17.4 Å². The number of hydrogen-bond donors (Lipinski definition) is 1. The summed E-state index contributed by atoms with van der Waals surface area (Å²) >= 11 is 0. The van der Waals surface area contributed by atoms with Gasteiger partial charge in [0.1, 0.15) is 0 Å². The van der Waals surface area contributed by atoms with Gasteiger partial charge in [0.05, 0.1) is 0 Å². The van der Waals surface area contributed by atoms with Crippen molar-refractivity contribution in [1.82, 2.24) is 10.1 Å². The Kier molecular flexibility index (Phi) is 5.21. The van der Waals surface area contributed by atoms with Crippen LogP contribution >= 0.6 is 0 Å². The van der Waals surface area contributed by atoms with Gasteiger partial charge in [-0.05, 0) is 37.1 Å². The lowest BCUT2D eigenvalue weighted by Crippen LogP contribution is -2.05. The summed E-state index contributed by atoms with van der Waals surface area (Å²) < 4.78 is 37.6. The van der Waals surface area contributed by atoms with Crippen molar-refractivity contribution in [2.75, 3.05) is 6.54 Å². The molecule has 7 heteroatoms. The van der Waals surface area contributed by atoms with Gasteiger partial charge in [-0.15, -0.1) is 0 Å². The van der Waals surface area contributed by atoms with Gasteiger partial charge in [0.15, 0.2) is 29.8 Å². The average molecular weight is 297 g/mol. The molecule has 0 amide bonds. The Morgan fingerprint density at radius 1 is 1.24 bits per heavy atom. The van der Waals surface area contributed by atoms with E-state index >= 15 is 0 Å². The van der Waals surface area contributed by atoms with Gasteiger partial charge in [-0.1, -0.05) is 12.1 Å². The van der Waals surface area contributed by atoms with E-state index in [2.05, 4.69) is 10.1 Å². The molecule has 0 saturated heterocycles. The van der Waals surface area contributed by atoms with Crippen LogP contribution in [0.1, 0.15) is 30.6 Å². The largest absolute Gasteiger partial charge is 0.478 e. The summed E-state index contributed by atoms with van der Waals surface area (Å²) in [5, 5.41) is 3.73. The highest BCUT2D eigenvalue weighted by molar-refractivity contribution is 5.31. The number of halogens is 2. The summed E-state index contributed by atoms with van der Waals surface area (Å²) in [6.45, 7) is 2.13. The second kappa shape index (κ2) is 7.12. The predicted molar refractivity (Wildman–Crippen MR) is 71.7 cm³/mol. The minimum Gasteiger partial charge on any atom is -0.478 e. The average Bonchev–Trinajstić information content (AvgIpc) is 2.86. The first-order chi connectivity index (χ1) is 10.1. The Hall–Kier alpha value is -2.02. The Morgan fingerprint density at radius 2 is 1.95 bits per heavy atom. The van der Waals surface area contributed by atoms with E-state index in [0.717, 1.165) is 6.42 Å². The molecule has 5 nitrogen and oxygen atoms in total. The highest BCUT2D eigenvalue weighted by atomic mass is 19.1. The quantitative estimate of drug-likeness (QED) is 0.849. The van der Waals surface area contributed by atoms with Gasteiger partial charge < -0.3 is 15.0 Å². The third kappa shape index (κ3) is 3.98. The molecule has 1 aromatic heterocycles. The molecule has 0 atom stereocenters. The summed E-state index contributed by atoms with van der Waals surface area (Å²) in [6.07, 6.45) is 1.96. The van der Waals surface area contributed by atoms with E-state index in [0.29, 0.717) is 30.8 Å². The van der Waals surface area contributed by atoms with Crippen LogP contribution in [-0.2, 0) is 19.4 Å². The van der Waals surface area contributed by atoms with Crippen LogP contribution in [0.25, 0.3) is 0 Å². The fourth-order valence-electron chi connectivity index (χ4n) is 1.87. The first kappa shape index (κ1) is 15.4. The molecule has 0 fully saturated rings. The lowest BCUT2D eigenvalue weighted by molar-refractivity contribution is 0.224. The Labute approximate surface area is 121 Å². The van der Waals surface area contributed by atoms with Crippen LogP contribution in [-0.4, -0.2) is 16.7 Å². The molecule has 2 rings (SSSR count). The zero-order chi connectivity index (χ0) is 15.2. The lowest BCUT2D eigenvalue weighted by Gasteiger charge is -2.08. The lowest BCUT2D eigenvalue weighted by atomic mass is 10.1. The summed E-state index contributed by atoms with van der Waals surface area (Å²) in [6, 6.07) is 2.42. The van der Waals surface area contributed by atoms with E-state index in [-0.39, 0.29) is 12.5 Å². The maximum atomic E-state index is 13.8. The first-order valence-electron chi connectivity index (χ1n) is 6.76. The smallest absolute Gasteiger partial charge is 0.264 e. The molecular formula is C14H17F2N3O2. The Bertz CT molecular complexity index is 579. The number of hydrogen-bond acceptors (Lipinski definition) is 5. The van der Waals surface area contributed by atoms with Gasteiger partial charge in [-0.2, -0.15) is 4.98 Å². The van der Waals surface area contributed by atoms with Crippen molar-refractivity contribution in [2.45, 2.75) is 32.8 Å². The molecule has 0 saturated carbocycles. The number of aryl methyl sites for hydroxylation is 1. The summed E-state index contributed by atoms with van der Waals surface area (Å²) in [4.78, 5) is 4.06. The van der Waals surface area contributed by atoms with E-state index in [9.17, 15) is 8.78 Å². The van der Waals surface area contributed by atoms with Crippen LogP contribution in [0.3, 0.4) is 0 Å². The van der Waals surface area contributed by atoms with Crippen molar-refractivity contribution in [3.63, 3.8) is 0 Å². The zero-order valence-corrected chi connectivity index (χ0v) is 11.7. The van der Waals surface area contributed by atoms with Crippen LogP contribution in [0.15, 0.2) is 16.7 Å². The van der Waals surface area contributed by atoms with Gasteiger partial charge in [-0.3, -0.25) is 0 Å². The van der Waals surface area contributed by atoms with E-state index in [1.54, 1.807) is 0 Å². The van der Waals surface area contributed by atoms with Crippen LogP contribution in [0, 0.1) is 11.6 Å². The normalized spacial score (nSPS) is 10.9. The summed E-state index contributed by atoms with van der Waals surface area (Å²) in [5.74, 6) is -1.26. The predicted octanol–water partition coefficient (Wildman–Crippen LogP) is 2.38. The highest BCUT2D eigenvalue weighted by Crippen LogP contribution is 2.24. The van der Waals surface area contributed by atoms with Crippen LogP contribution in [0.4, 0.5) is 8.78 Å². The molecular weight excluding hydrogens is 280 g/mol. The zero-order valence-electron chi connectivity index (χ0n) is 11.7. The second-order valence-electron chi connectivity index (χ2n) is 4.57. The summed E-state index contributed by atoms with van der Waals surface area (Å²) in [7, 11) is 0. The number of aromatic nitrogens is 2. The molecule has 0 radical (unpaired) electrons. The highest BCUT2D eigenvalue weighted by Gasteiger charge is 2.14. The molecule has 0 aliphatic rings. The Balaban J connectivity index is 2.05. The minimum atomic E-state index is -0.772. The first-order valence-corrected chi connectivity index (χ1v) is 6.76. The molecule has 0 aliphatic carbocycles. The van der Waals surface area contributed by atoms with Crippen LogP contribution in [0.2, 0.25) is 0 Å². The van der Waals surface area contributed by atoms with Gasteiger partial charge in [0.2, 0.25) is 0 Å². The maximum absolute atomic E-state index is 13.8. The number of nitrogens with zero attached hydrogens (tertiary/aromatic N) is 2. The van der Waals surface area contributed by atoms with Gasteiger partial charge in [0.25, 0.3) is 5.89 Å². The molecule has 21 heavy (non-hydrogen) atoms. The van der Waals surface area contributed by atoms with Crippen molar-refractivity contribution in [1.29, 1.82) is 0 Å². The molecule has 2 aromatic rings. The molecule has 2 N–H and O–H groups in total. The van der Waals surface area contributed by atoms with Gasteiger partial charge >= 0.3 is 0 Å². The Morgan fingerprint density at radius 3 is 2.57 bits per heavy atom. The maximum Gasteiger partial charge on any atom is 0.264 e. The topological polar surface area (TPSA) is 74.2 Å². The van der Waals surface area contributed by atoms with Crippen molar-refractivity contribution in [3.05, 3.63) is 41.0 Å². The van der Waals surface area contributed by atoms with E-state index in [1.165, 1.54) is 12.1 Å². The van der Waals surface area contributed by atoms with Gasteiger partial charge in [0, 0.05) is 6.42 Å². The third-order valence-corrected chi connectivity index (χ3v) is 2.81. The number of ether oxygens (including phenoxy) is 1. The monoisotopic (exact) mass is 297 g/mol. The van der Waals surface area contributed by atoms with Crippen molar-refractivity contribution in [3.8, 4) is 5.75 Å². The van der Waals surface area contributed by atoms with Crippen molar-refractivity contribution < 1.29 is 18.0 Å². The van der Waals surface area contributed by atoms with E-state index in [4.69, 9.17) is 15.0 Å². The van der Waals surface area contributed by atoms with Crippen LogP contribution < -0.4 is 10.5 Å². The second-order valence-corrected chi connectivity index (χ2v) is 4.57. The van der Waals surface area contributed by atoms with Crippen LogP contribution in [0.5, 0.6) is 5.75 Å². The molecule has 0 aliphatic heterocycles. The molecule has 0 bridgehead atoms. The van der Waals surface area contributed by atoms with Crippen molar-refractivity contribution >= 4 is 0 Å². The molecule has 1 heterocycles. The van der Waals surface area contributed by atoms with Gasteiger partial charge in [-0.25, -0.2) is 8.78 Å². The minimum absolute atomic E-state index is 0.180. The van der Waals surface area contributed by atoms with Crippen molar-refractivity contribution in [2.24, 2.45) is 5.73 Å². The fraction of sp³-hybridized carbons (Fsp3) is 0.429. The molecule has 114 valence electrons. The standard InChI is InChI=1S/C14H17F2N3O2/c1-2-3-12-18-13(21-19-12)8-20-14-10(15)6-9(4-5-17)7-11(14)16/h6-7H,2-5,8,17H2,1H3. The number of nitrogens with two attached hydrogens (primary N) is 1. The van der Waals surface area contributed by atoms with E-state index in [1.807, 2.05) is 6.92 Å². The summed E-state index contributed by atoms with van der Waals surface area (Å²) in [5.41, 5.74) is 5.85.